The normalized spacial score (nSPS) is 21.2. The number of hydrogen-bond donors (Lipinski definition) is 2. The Bertz CT molecular complexity index is 1100. The van der Waals surface area contributed by atoms with Gasteiger partial charge >= 0.3 is 6.09 Å². The number of rotatable bonds is 2. The van der Waals surface area contributed by atoms with Crippen LogP contribution in [-0.2, 0) is 0 Å². The third kappa shape index (κ3) is 4.73. The van der Waals surface area contributed by atoms with Gasteiger partial charge in [0.05, 0.1) is 5.39 Å². The molecule has 1 amide bonds. The number of para-hydroxylation sites is 1. The predicted octanol–water partition coefficient (Wildman–Crippen LogP) is 4.90. The Morgan fingerprint density at radius 2 is 2.14 bits per heavy atom. The van der Waals surface area contributed by atoms with Crippen LogP contribution < -0.4 is 10.1 Å². The van der Waals surface area contributed by atoms with E-state index in [0.717, 1.165) is 23.8 Å². The van der Waals surface area contributed by atoms with Crippen LogP contribution in [0.1, 0.15) is 31.2 Å². The van der Waals surface area contributed by atoms with E-state index in [9.17, 15) is 9.90 Å². The number of fused-ring (bicyclic) bond motifs is 1. The van der Waals surface area contributed by atoms with Gasteiger partial charge in [-0.3, -0.25) is 0 Å². The fraction of sp³-hybridized carbons (Fsp3) is 0.261. The molecule has 0 unspecified atom stereocenters. The van der Waals surface area contributed by atoms with Crippen molar-refractivity contribution in [3.05, 3.63) is 65.4 Å². The third-order valence-corrected chi connectivity index (χ3v) is 5.20. The highest BCUT2D eigenvalue weighted by molar-refractivity contribution is 6.30. The maximum atomic E-state index is 12.3. The number of aliphatic hydroxyl groups is 1. The van der Waals surface area contributed by atoms with Crippen LogP contribution in [0, 0.1) is 11.8 Å². The van der Waals surface area contributed by atoms with E-state index in [0.29, 0.717) is 29.2 Å². The van der Waals surface area contributed by atoms with Crippen LogP contribution in [0.2, 0.25) is 5.02 Å². The number of amides is 1. The van der Waals surface area contributed by atoms with E-state index < -0.39 is 11.7 Å². The Hall–Kier alpha value is -2.94. The zero-order valence-electron chi connectivity index (χ0n) is 15.7. The summed E-state index contributed by atoms with van der Waals surface area (Å²) in [6.07, 6.45) is 3.23. The van der Waals surface area contributed by atoms with Gasteiger partial charge in [-0.05, 0) is 49.6 Å². The van der Waals surface area contributed by atoms with Crippen molar-refractivity contribution < 1.29 is 19.1 Å². The number of carbonyl (C=O) groups is 1. The lowest BCUT2D eigenvalue weighted by Crippen LogP contribution is -2.46. The van der Waals surface area contributed by atoms with Gasteiger partial charge in [-0.15, -0.1) is 0 Å². The lowest BCUT2D eigenvalue weighted by Gasteiger charge is -2.33. The summed E-state index contributed by atoms with van der Waals surface area (Å²) < 4.78 is 10.8. The Balaban J connectivity index is 1.40. The molecule has 5 nitrogen and oxygen atoms in total. The standard InChI is InChI=1S/C23H20ClNO4/c24-17-6-3-5-16(13-17)10-12-23(27)11-4-7-18(14-23)25-22(26)29-21-15-28-20-9-2-1-8-19(20)21/h1-3,5-6,8-9,13,15,18,27H,4,7,11,14H2,(H,25,26)/t18-,23+/m0/s1. The van der Waals surface area contributed by atoms with Crippen LogP contribution in [0.3, 0.4) is 0 Å². The number of ether oxygens (including phenoxy) is 1. The summed E-state index contributed by atoms with van der Waals surface area (Å²) >= 11 is 5.98. The van der Waals surface area contributed by atoms with Crippen LogP contribution >= 0.6 is 11.6 Å². The maximum absolute atomic E-state index is 12.3. The highest BCUT2D eigenvalue weighted by Gasteiger charge is 2.34. The molecular weight excluding hydrogens is 390 g/mol. The molecule has 1 fully saturated rings. The SMILES string of the molecule is O=C(N[C@H]1CCC[C@@](O)(C#Cc2cccc(Cl)c2)C1)Oc1coc2ccccc12. The molecule has 2 atom stereocenters. The van der Waals surface area contributed by atoms with Gasteiger partial charge in [0.2, 0.25) is 0 Å². The molecule has 29 heavy (non-hydrogen) atoms. The number of benzene rings is 2. The molecule has 0 radical (unpaired) electrons. The van der Waals surface area contributed by atoms with Crippen molar-refractivity contribution in [2.24, 2.45) is 0 Å². The topological polar surface area (TPSA) is 71.7 Å². The Kier molecular flexibility index (Phi) is 5.48. The van der Waals surface area contributed by atoms with E-state index in [2.05, 4.69) is 17.2 Å². The molecule has 1 aromatic heterocycles. The monoisotopic (exact) mass is 409 g/mol. The van der Waals surface area contributed by atoms with Crippen molar-refractivity contribution in [3.63, 3.8) is 0 Å². The summed E-state index contributed by atoms with van der Waals surface area (Å²) in [5.74, 6) is 6.31. The van der Waals surface area contributed by atoms with E-state index in [4.69, 9.17) is 20.8 Å². The summed E-state index contributed by atoms with van der Waals surface area (Å²) in [4.78, 5) is 12.3. The van der Waals surface area contributed by atoms with Gasteiger partial charge in [-0.1, -0.05) is 41.6 Å². The van der Waals surface area contributed by atoms with E-state index in [1.165, 1.54) is 6.26 Å². The largest absolute Gasteiger partial charge is 0.460 e. The fourth-order valence-corrected chi connectivity index (χ4v) is 3.76. The van der Waals surface area contributed by atoms with Crippen molar-refractivity contribution in [2.45, 2.75) is 37.3 Å². The van der Waals surface area contributed by atoms with Gasteiger partial charge in [0.25, 0.3) is 0 Å². The zero-order valence-corrected chi connectivity index (χ0v) is 16.4. The molecule has 148 valence electrons. The van der Waals surface area contributed by atoms with Gasteiger partial charge < -0.3 is 19.6 Å². The number of carbonyl (C=O) groups excluding carboxylic acids is 1. The first-order valence-electron chi connectivity index (χ1n) is 9.46. The molecule has 0 spiro atoms. The second-order valence-corrected chi connectivity index (χ2v) is 7.65. The Morgan fingerprint density at radius 3 is 3.00 bits per heavy atom. The lowest BCUT2D eigenvalue weighted by molar-refractivity contribution is 0.0473. The smallest absolute Gasteiger partial charge is 0.412 e. The zero-order chi connectivity index (χ0) is 20.3. The number of furan rings is 1. The number of nitrogens with one attached hydrogen (secondary N) is 1. The van der Waals surface area contributed by atoms with Crippen LogP contribution in [0.25, 0.3) is 11.0 Å². The van der Waals surface area contributed by atoms with Gasteiger partial charge in [0, 0.05) is 23.0 Å². The van der Waals surface area contributed by atoms with Crippen molar-refractivity contribution in [2.75, 3.05) is 0 Å². The van der Waals surface area contributed by atoms with Gasteiger partial charge in [-0.25, -0.2) is 4.79 Å². The molecule has 2 N–H and O–H groups in total. The molecule has 0 bridgehead atoms. The van der Waals surface area contributed by atoms with Crippen molar-refractivity contribution in [1.82, 2.24) is 5.32 Å². The van der Waals surface area contributed by atoms with Crippen LogP contribution in [0.5, 0.6) is 5.75 Å². The summed E-state index contributed by atoms with van der Waals surface area (Å²) in [6, 6.07) is 14.3. The first kappa shape index (κ1) is 19.4. The van der Waals surface area contributed by atoms with E-state index in [-0.39, 0.29) is 6.04 Å². The second kappa shape index (κ2) is 8.20. The molecule has 4 rings (SSSR count). The van der Waals surface area contributed by atoms with Gasteiger partial charge in [0.15, 0.2) is 5.75 Å². The van der Waals surface area contributed by atoms with E-state index in [1.54, 1.807) is 18.2 Å². The second-order valence-electron chi connectivity index (χ2n) is 7.22. The molecule has 1 heterocycles. The van der Waals surface area contributed by atoms with Crippen molar-refractivity contribution in [3.8, 4) is 17.6 Å². The molecular formula is C23H20ClNO4. The first-order chi connectivity index (χ1) is 14.0. The van der Waals surface area contributed by atoms with E-state index >= 15 is 0 Å². The Morgan fingerprint density at radius 1 is 1.28 bits per heavy atom. The summed E-state index contributed by atoms with van der Waals surface area (Å²) in [5, 5.41) is 15.0. The molecule has 1 aliphatic rings. The minimum Gasteiger partial charge on any atom is -0.460 e. The molecule has 3 aromatic rings. The summed E-state index contributed by atoms with van der Waals surface area (Å²) in [5.41, 5.74) is 0.229. The van der Waals surface area contributed by atoms with Gasteiger partial charge in [-0.2, -0.15) is 0 Å². The highest BCUT2D eigenvalue weighted by Crippen LogP contribution is 2.30. The molecule has 1 saturated carbocycles. The predicted molar refractivity (Wildman–Crippen MR) is 111 cm³/mol. The van der Waals surface area contributed by atoms with E-state index in [1.807, 2.05) is 30.3 Å². The summed E-state index contributed by atoms with van der Waals surface area (Å²) in [6.45, 7) is 0. The molecule has 0 aliphatic heterocycles. The number of hydrogen-bond acceptors (Lipinski definition) is 4. The van der Waals surface area contributed by atoms with Gasteiger partial charge in [0.1, 0.15) is 17.4 Å². The molecule has 0 saturated heterocycles. The molecule has 1 aliphatic carbocycles. The first-order valence-corrected chi connectivity index (χ1v) is 9.84. The highest BCUT2D eigenvalue weighted by atomic mass is 35.5. The molecule has 6 heteroatoms. The van der Waals surface area contributed by atoms with Crippen LogP contribution in [-0.4, -0.2) is 22.8 Å². The van der Waals surface area contributed by atoms with Crippen LogP contribution in [0.4, 0.5) is 4.79 Å². The fourth-order valence-electron chi connectivity index (χ4n) is 3.57. The quantitative estimate of drug-likeness (QED) is 0.590. The average Bonchev–Trinajstić information content (AvgIpc) is 3.09. The average molecular weight is 410 g/mol. The summed E-state index contributed by atoms with van der Waals surface area (Å²) in [7, 11) is 0. The Labute approximate surface area is 173 Å². The molecule has 2 aromatic carbocycles. The maximum Gasteiger partial charge on any atom is 0.412 e. The third-order valence-electron chi connectivity index (χ3n) is 4.96. The van der Waals surface area contributed by atoms with Crippen molar-refractivity contribution >= 4 is 28.7 Å². The van der Waals surface area contributed by atoms with Crippen LogP contribution in [0.15, 0.2) is 59.2 Å². The minimum atomic E-state index is -1.17. The lowest BCUT2D eigenvalue weighted by atomic mass is 9.82. The van der Waals surface area contributed by atoms with Crippen molar-refractivity contribution in [1.29, 1.82) is 0 Å². The minimum absolute atomic E-state index is 0.229. The number of halogens is 1.